The Morgan fingerprint density at radius 3 is 2.43 bits per heavy atom. The molecule has 0 heterocycles. The molecule has 0 atom stereocenters. The second kappa shape index (κ2) is 8.55. The van der Waals surface area contributed by atoms with Crippen LogP contribution in [0, 0.1) is 5.41 Å². The van der Waals surface area contributed by atoms with E-state index in [1.807, 2.05) is 0 Å². The molecule has 0 spiro atoms. The van der Waals surface area contributed by atoms with Gasteiger partial charge in [0.25, 0.3) is 0 Å². The van der Waals surface area contributed by atoms with E-state index in [-0.39, 0.29) is 0 Å². The fraction of sp³-hybridized carbons (Fsp3) is 1.00. The first-order chi connectivity index (χ1) is 6.62. The highest BCUT2D eigenvalue weighted by Gasteiger charge is 2.15. The largest absolute Gasteiger partial charge is 0.316 e. The van der Waals surface area contributed by atoms with Crippen LogP contribution >= 0.6 is 11.6 Å². The van der Waals surface area contributed by atoms with Crippen molar-refractivity contribution in [2.45, 2.75) is 52.9 Å². The third-order valence-electron chi connectivity index (χ3n) is 2.58. The number of hydrogen-bond donors (Lipinski definition) is 1. The van der Waals surface area contributed by atoms with Gasteiger partial charge in [0.2, 0.25) is 0 Å². The van der Waals surface area contributed by atoms with Crippen molar-refractivity contribution >= 4 is 11.6 Å². The van der Waals surface area contributed by atoms with Crippen LogP contribution in [0.5, 0.6) is 0 Å². The summed E-state index contributed by atoms with van der Waals surface area (Å²) in [5.41, 5.74) is 0.354. The Bertz CT molecular complexity index is 123. The standard InChI is InChI=1S/C12H26ClN/c1-4-5-6-7-10-14-11-12(2,3)8-9-13/h14H,4-11H2,1-3H3. The Kier molecular flexibility index (Phi) is 8.70. The van der Waals surface area contributed by atoms with Crippen molar-refractivity contribution in [2.75, 3.05) is 19.0 Å². The van der Waals surface area contributed by atoms with E-state index in [4.69, 9.17) is 11.6 Å². The lowest BCUT2D eigenvalue weighted by molar-refractivity contribution is 0.329. The molecule has 0 aliphatic carbocycles. The molecule has 0 fully saturated rings. The maximum atomic E-state index is 5.74. The van der Waals surface area contributed by atoms with E-state index < -0.39 is 0 Å². The van der Waals surface area contributed by atoms with Gasteiger partial charge in [0.1, 0.15) is 0 Å². The van der Waals surface area contributed by atoms with E-state index in [9.17, 15) is 0 Å². The molecule has 1 N–H and O–H groups in total. The Labute approximate surface area is 94.6 Å². The second-order valence-corrected chi connectivity index (χ2v) is 5.22. The molecule has 0 amide bonds. The van der Waals surface area contributed by atoms with Gasteiger partial charge >= 0.3 is 0 Å². The normalized spacial score (nSPS) is 12.0. The molecule has 0 saturated heterocycles. The molecule has 0 aliphatic heterocycles. The third kappa shape index (κ3) is 8.83. The number of hydrogen-bond acceptors (Lipinski definition) is 1. The quantitative estimate of drug-likeness (QED) is 0.460. The highest BCUT2D eigenvalue weighted by Crippen LogP contribution is 2.19. The summed E-state index contributed by atoms with van der Waals surface area (Å²) in [6, 6.07) is 0. The Hall–Kier alpha value is 0.250. The minimum atomic E-state index is 0.354. The maximum Gasteiger partial charge on any atom is 0.0229 e. The molecule has 0 radical (unpaired) electrons. The van der Waals surface area contributed by atoms with Crippen LogP contribution in [0.4, 0.5) is 0 Å². The summed E-state index contributed by atoms with van der Waals surface area (Å²) in [4.78, 5) is 0. The predicted molar refractivity (Wildman–Crippen MR) is 66.1 cm³/mol. The Balaban J connectivity index is 3.26. The summed E-state index contributed by atoms with van der Waals surface area (Å²) in [6.07, 6.45) is 6.45. The fourth-order valence-electron chi connectivity index (χ4n) is 1.45. The number of nitrogens with one attached hydrogen (secondary N) is 1. The van der Waals surface area contributed by atoms with Crippen molar-refractivity contribution in [1.29, 1.82) is 0 Å². The zero-order valence-electron chi connectivity index (χ0n) is 10.0. The van der Waals surface area contributed by atoms with Crippen molar-refractivity contribution in [3.8, 4) is 0 Å². The minimum absolute atomic E-state index is 0.354. The van der Waals surface area contributed by atoms with E-state index in [0.29, 0.717) is 5.41 Å². The second-order valence-electron chi connectivity index (χ2n) is 4.84. The molecule has 0 aliphatic rings. The van der Waals surface area contributed by atoms with Crippen LogP contribution in [0.25, 0.3) is 0 Å². The van der Waals surface area contributed by atoms with Crippen molar-refractivity contribution in [3.05, 3.63) is 0 Å². The fourth-order valence-corrected chi connectivity index (χ4v) is 1.96. The first-order valence-corrected chi connectivity index (χ1v) is 6.42. The SMILES string of the molecule is CCCCCCNCC(C)(C)CCCl. The first-order valence-electron chi connectivity index (χ1n) is 5.89. The summed E-state index contributed by atoms with van der Waals surface area (Å²) < 4.78 is 0. The molecule has 2 heteroatoms. The molecule has 0 bridgehead atoms. The molecule has 86 valence electrons. The summed E-state index contributed by atoms with van der Waals surface area (Å²) in [5.74, 6) is 0.768. The Morgan fingerprint density at radius 1 is 1.14 bits per heavy atom. The first kappa shape index (κ1) is 14.2. The van der Waals surface area contributed by atoms with Crippen LogP contribution in [0.1, 0.15) is 52.9 Å². The molecule has 0 unspecified atom stereocenters. The van der Waals surface area contributed by atoms with Crippen molar-refractivity contribution in [3.63, 3.8) is 0 Å². The van der Waals surface area contributed by atoms with Gasteiger partial charge in [-0.2, -0.15) is 0 Å². The van der Waals surface area contributed by atoms with Crippen LogP contribution in [-0.4, -0.2) is 19.0 Å². The average Bonchev–Trinajstić information content (AvgIpc) is 2.11. The van der Waals surface area contributed by atoms with Gasteiger partial charge in [-0.15, -0.1) is 11.6 Å². The number of halogens is 1. The van der Waals surface area contributed by atoms with Crippen LogP contribution in [0.3, 0.4) is 0 Å². The molecule has 0 saturated carbocycles. The van der Waals surface area contributed by atoms with E-state index in [0.717, 1.165) is 25.4 Å². The molecule has 1 nitrogen and oxygen atoms in total. The number of unbranched alkanes of at least 4 members (excludes halogenated alkanes) is 3. The van der Waals surface area contributed by atoms with Gasteiger partial charge in [-0.25, -0.2) is 0 Å². The van der Waals surface area contributed by atoms with E-state index in [1.54, 1.807) is 0 Å². The zero-order valence-corrected chi connectivity index (χ0v) is 10.8. The smallest absolute Gasteiger partial charge is 0.0229 e. The monoisotopic (exact) mass is 219 g/mol. The lowest BCUT2D eigenvalue weighted by Gasteiger charge is -2.23. The van der Waals surface area contributed by atoms with Gasteiger partial charge in [-0.05, 0) is 24.8 Å². The molecule has 0 aromatic rings. The van der Waals surface area contributed by atoms with Crippen molar-refractivity contribution in [1.82, 2.24) is 5.32 Å². The van der Waals surface area contributed by atoms with Gasteiger partial charge in [-0.1, -0.05) is 40.0 Å². The molecule has 0 aromatic heterocycles. The molecular formula is C12H26ClN. The maximum absolute atomic E-state index is 5.74. The van der Waals surface area contributed by atoms with Crippen LogP contribution in [-0.2, 0) is 0 Å². The summed E-state index contributed by atoms with van der Waals surface area (Å²) >= 11 is 5.74. The summed E-state index contributed by atoms with van der Waals surface area (Å²) in [5, 5.41) is 3.51. The molecule has 0 aromatic carbocycles. The lowest BCUT2D eigenvalue weighted by atomic mass is 9.90. The molecular weight excluding hydrogens is 194 g/mol. The predicted octanol–water partition coefficient (Wildman–Crippen LogP) is 3.81. The van der Waals surface area contributed by atoms with Crippen molar-refractivity contribution in [2.24, 2.45) is 5.41 Å². The van der Waals surface area contributed by atoms with Crippen molar-refractivity contribution < 1.29 is 0 Å². The minimum Gasteiger partial charge on any atom is -0.316 e. The van der Waals surface area contributed by atoms with E-state index in [1.165, 1.54) is 25.7 Å². The van der Waals surface area contributed by atoms with Gasteiger partial charge < -0.3 is 5.32 Å². The summed E-state index contributed by atoms with van der Waals surface area (Å²) in [7, 11) is 0. The van der Waals surface area contributed by atoms with Crippen LogP contribution in [0.15, 0.2) is 0 Å². The van der Waals surface area contributed by atoms with Crippen LogP contribution in [0.2, 0.25) is 0 Å². The molecule has 0 rings (SSSR count). The van der Waals surface area contributed by atoms with Gasteiger partial charge in [0, 0.05) is 12.4 Å². The Morgan fingerprint density at radius 2 is 1.86 bits per heavy atom. The lowest BCUT2D eigenvalue weighted by Crippen LogP contribution is -2.30. The van der Waals surface area contributed by atoms with Gasteiger partial charge in [-0.3, -0.25) is 0 Å². The van der Waals surface area contributed by atoms with Gasteiger partial charge in [0.05, 0.1) is 0 Å². The average molecular weight is 220 g/mol. The van der Waals surface area contributed by atoms with E-state index in [2.05, 4.69) is 26.1 Å². The topological polar surface area (TPSA) is 12.0 Å². The highest BCUT2D eigenvalue weighted by atomic mass is 35.5. The summed E-state index contributed by atoms with van der Waals surface area (Å²) in [6.45, 7) is 9.04. The van der Waals surface area contributed by atoms with Gasteiger partial charge in [0.15, 0.2) is 0 Å². The highest BCUT2D eigenvalue weighted by molar-refractivity contribution is 6.17. The third-order valence-corrected chi connectivity index (χ3v) is 2.77. The number of rotatable bonds is 9. The molecule has 14 heavy (non-hydrogen) atoms. The van der Waals surface area contributed by atoms with Crippen LogP contribution < -0.4 is 5.32 Å². The van der Waals surface area contributed by atoms with E-state index >= 15 is 0 Å². The zero-order chi connectivity index (χ0) is 10.9. The number of alkyl halides is 1.